The SMILES string of the molecule is Cc1ccc(Cl)cc1C(=O)N(CCCl)C1CCCCC1. The van der Waals surface area contributed by atoms with Gasteiger partial charge in [0.15, 0.2) is 0 Å². The summed E-state index contributed by atoms with van der Waals surface area (Å²) in [4.78, 5) is 14.8. The van der Waals surface area contributed by atoms with Gasteiger partial charge in [-0.05, 0) is 37.5 Å². The summed E-state index contributed by atoms with van der Waals surface area (Å²) in [6.07, 6.45) is 5.84. The van der Waals surface area contributed by atoms with E-state index in [4.69, 9.17) is 23.2 Å². The van der Waals surface area contributed by atoms with E-state index in [0.29, 0.717) is 29.1 Å². The van der Waals surface area contributed by atoms with Crippen molar-refractivity contribution in [2.45, 2.75) is 45.1 Å². The molecule has 0 spiro atoms. The Morgan fingerprint density at radius 3 is 2.65 bits per heavy atom. The molecule has 0 atom stereocenters. The van der Waals surface area contributed by atoms with Gasteiger partial charge in [-0.3, -0.25) is 4.79 Å². The van der Waals surface area contributed by atoms with Crippen molar-refractivity contribution >= 4 is 29.1 Å². The molecule has 4 heteroatoms. The van der Waals surface area contributed by atoms with E-state index < -0.39 is 0 Å². The Hall–Kier alpha value is -0.730. The Morgan fingerprint density at radius 2 is 2.00 bits per heavy atom. The van der Waals surface area contributed by atoms with Gasteiger partial charge in [-0.15, -0.1) is 11.6 Å². The molecule has 1 aromatic rings. The molecule has 2 rings (SSSR count). The summed E-state index contributed by atoms with van der Waals surface area (Å²) in [5.74, 6) is 0.541. The Labute approximate surface area is 131 Å². The van der Waals surface area contributed by atoms with Gasteiger partial charge >= 0.3 is 0 Å². The summed E-state index contributed by atoms with van der Waals surface area (Å²) in [6, 6.07) is 5.81. The molecule has 1 aromatic carbocycles. The van der Waals surface area contributed by atoms with Crippen LogP contribution in [0.4, 0.5) is 0 Å². The molecule has 0 aromatic heterocycles. The zero-order valence-corrected chi connectivity index (χ0v) is 13.4. The fourth-order valence-corrected chi connectivity index (χ4v) is 3.27. The number of halogens is 2. The molecule has 0 saturated heterocycles. The van der Waals surface area contributed by atoms with Gasteiger partial charge in [0.2, 0.25) is 0 Å². The van der Waals surface area contributed by atoms with E-state index in [-0.39, 0.29) is 5.91 Å². The molecule has 1 fully saturated rings. The van der Waals surface area contributed by atoms with E-state index in [2.05, 4.69) is 0 Å². The number of carbonyl (C=O) groups is 1. The molecule has 0 heterocycles. The molecule has 0 unspecified atom stereocenters. The average Bonchev–Trinajstić information content (AvgIpc) is 2.47. The van der Waals surface area contributed by atoms with Gasteiger partial charge < -0.3 is 4.90 Å². The number of amides is 1. The summed E-state index contributed by atoms with van der Waals surface area (Å²) in [5, 5.41) is 0.605. The molecule has 0 radical (unpaired) electrons. The first-order chi connectivity index (χ1) is 9.63. The maximum atomic E-state index is 12.8. The molecule has 1 amide bonds. The molecule has 110 valence electrons. The van der Waals surface area contributed by atoms with Crippen molar-refractivity contribution in [2.75, 3.05) is 12.4 Å². The van der Waals surface area contributed by atoms with Crippen molar-refractivity contribution in [3.05, 3.63) is 34.3 Å². The summed E-state index contributed by atoms with van der Waals surface area (Å²) >= 11 is 11.9. The van der Waals surface area contributed by atoms with Crippen molar-refractivity contribution in [3.8, 4) is 0 Å². The van der Waals surface area contributed by atoms with Crippen molar-refractivity contribution < 1.29 is 4.79 Å². The smallest absolute Gasteiger partial charge is 0.254 e. The van der Waals surface area contributed by atoms with Crippen LogP contribution in [-0.4, -0.2) is 29.3 Å². The minimum atomic E-state index is 0.0672. The van der Waals surface area contributed by atoms with Gasteiger partial charge in [0.25, 0.3) is 5.91 Å². The fraction of sp³-hybridized carbons (Fsp3) is 0.562. The van der Waals surface area contributed by atoms with Crippen molar-refractivity contribution in [3.63, 3.8) is 0 Å². The van der Waals surface area contributed by atoms with Gasteiger partial charge in [-0.25, -0.2) is 0 Å². The highest BCUT2D eigenvalue weighted by Crippen LogP contribution is 2.25. The van der Waals surface area contributed by atoms with Gasteiger partial charge in [0.1, 0.15) is 0 Å². The highest BCUT2D eigenvalue weighted by molar-refractivity contribution is 6.31. The Morgan fingerprint density at radius 1 is 1.30 bits per heavy atom. The van der Waals surface area contributed by atoms with E-state index in [9.17, 15) is 4.79 Å². The Kier molecular flexibility index (Phi) is 5.74. The van der Waals surface area contributed by atoms with Gasteiger partial charge in [0.05, 0.1) is 0 Å². The number of hydrogen-bond acceptors (Lipinski definition) is 1. The van der Waals surface area contributed by atoms with Crippen LogP contribution >= 0.6 is 23.2 Å². The van der Waals surface area contributed by atoms with E-state index >= 15 is 0 Å². The summed E-state index contributed by atoms with van der Waals surface area (Å²) in [5.41, 5.74) is 1.67. The predicted molar refractivity (Wildman–Crippen MR) is 84.8 cm³/mol. The number of alkyl halides is 1. The summed E-state index contributed by atoms with van der Waals surface area (Å²) in [6.45, 7) is 2.56. The van der Waals surface area contributed by atoms with Crippen LogP contribution < -0.4 is 0 Å². The molecule has 0 aliphatic heterocycles. The van der Waals surface area contributed by atoms with Crippen LogP contribution in [0, 0.1) is 6.92 Å². The largest absolute Gasteiger partial charge is 0.334 e. The number of aryl methyl sites for hydroxylation is 1. The van der Waals surface area contributed by atoms with Crippen LogP contribution in [0.15, 0.2) is 18.2 Å². The molecule has 2 nitrogen and oxygen atoms in total. The first kappa shape index (κ1) is 15.7. The minimum Gasteiger partial charge on any atom is -0.334 e. The normalized spacial score (nSPS) is 16.1. The van der Waals surface area contributed by atoms with Crippen LogP contribution in [-0.2, 0) is 0 Å². The van der Waals surface area contributed by atoms with Crippen LogP contribution in [0.5, 0.6) is 0 Å². The third kappa shape index (κ3) is 3.67. The first-order valence-electron chi connectivity index (χ1n) is 7.26. The molecular weight excluding hydrogens is 293 g/mol. The van der Waals surface area contributed by atoms with Crippen molar-refractivity contribution in [1.82, 2.24) is 4.90 Å². The highest BCUT2D eigenvalue weighted by Gasteiger charge is 2.26. The monoisotopic (exact) mass is 313 g/mol. The standard InChI is InChI=1S/C16H21Cl2NO/c1-12-7-8-13(18)11-15(12)16(20)19(10-9-17)14-5-3-2-4-6-14/h7-8,11,14H,2-6,9-10H2,1H3. The zero-order valence-electron chi connectivity index (χ0n) is 11.9. The van der Waals surface area contributed by atoms with Crippen molar-refractivity contribution in [2.24, 2.45) is 0 Å². The van der Waals surface area contributed by atoms with Gasteiger partial charge in [0, 0.05) is 29.1 Å². The lowest BCUT2D eigenvalue weighted by atomic mass is 9.93. The minimum absolute atomic E-state index is 0.0672. The van der Waals surface area contributed by atoms with E-state index in [1.165, 1.54) is 19.3 Å². The first-order valence-corrected chi connectivity index (χ1v) is 8.18. The molecule has 1 aliphatic rings. The highest BCUT2D eigenvalue weighted by atomic mass is 35.5. The average molecular weight is 314 g/mol. The predicted octanol–water partition coefficient (Wildman–Crippen LogP) is 4.66. The summed E-state index contributed by atoms with van der Waals surface area (Å²) < 4.78 is 0. The Bertz CT molecular complexity index is 470. The molecule has 1 saturated carbocycles. The molecule has 20 heavy (non-hydrogen) atoms. The molecule has 0 bridgehead atoms. The summed E-state index contributed by atoms with van der Waals surface area (Å²) in [7, 11) is 0. The third-order valence-electron chi connectivity index (χ3n) is 4.03. The van der Waals surface area contributed by atoms with Gasteiger partial charge in [-0.2, -0.15) is 0 Å². The molecule has 1 aliphatic carbocycles. The quantitative estimate of drug-likeness (QED) is 0.740. The second-order valence-electron chi connectivity index (χ2n) is 5.44. The lowest BCUT2D eigenvalue weighted by molar-refractivity contribution is 0.0649. The number of benzene rings is 1. The lowest BCUT2D eigenvalue weighted by Gasteiger charge is -2.34. The maximum Gasteiger partial charge on any atom is 0.254 e. The van der Waals surface area contributed by atoms with E-state index in [0.717, 1.165) is 18.4 Å². The third-order valence-corrected chi connectivity index (χ3v) is 4.44. The van der Waals surface area contributed by atoms with Crippen molar-refractivity contribution in [1.29, 1.82) is 0 Å². The van der Waals surface area contributed by atoms with Gasteiger partial charge in [-0.1, -0.05) is 36.9 Å². The lowest BCUT2D eigenvalue weighted by Crippen LogP contribution is -2.42. The number of hydrogen-bond donors (Lipinski definition) is 0. The van der Waals surface area contributed by atoms with E-state index in [1.807, 2.05) is 24.0 Å². The topological polar surface area (TPSA) is 20.3 Å². The fourth-order valence-electron chi connectivity index (χ4n) is 2.91. The zero-order chi connectivity index (χ0) is 14.5. The Balaban J connectivity index is 2.23. The number of carbonyl (C=O) groups excluding carboxylic acids is 1. The van der Waals surface area contributed by atoms with Crippen LogP contribution in [0.1, 0.15) is 48.0 Å². The number of nitrogens with zero attached hydrogens (tertiary/aromatic N) is 1. The maximum absolute atomic E-state index is 12.8. The second-order valence-corrected chi connectivity index (χ2v) is 6.25. The van der Waals surface area contributed by atoms with Crippen LogP contribution in [0.3, 0.4) is 0 Å². The van der Waals surface area contributed by atoms with Crippen LogP contribution in [0.25, 0.3) is 0 Å². The molecule has 0 N–H and O–H groups in total. The molecular formula is C16H21Cl2NO. The number of rotatable bonds is 4. The van der Waals surface area contributed by atoms with Crippen LogP contribution in [0.2, 0.25) is 5.02 Å². The van der Waals surface area contributed by atoms with E-state index in [1.54, 1.807) is 6.07 Å². The second kappa shape index (κ2) is 7.33.